The molecular formula is C11H10F3N5O2. The number of nitrogen functional groups attached to an aromatic ring is 1. The summed E-state index contributed by atoms with van der Waals surface area (Å²) in [6.45, 7) is 0.101. The normalized spacial score (nSPS) is 12.4. The topological polar surface area (TPSA) is 110 Å². The van der Waals surface area contributed by atoms with E-state index in [1.165, 1.54) is 12.1 Å². The van der Waals surface area contributed by atoms with Crippen LogP contribution in [0.5, 0.6) is 0 Å². The van der Waals surface area contributed by atoms with Crippen molar-refractivity contribution in [3.05, 3.63) is 41.1 Å². The number of amidine groups is 1. The number of nitrogens with two attached hydrogens (primary N) is 1. The van der Waals surface area contributed by atoms with E-state index in [1.54, 1.807) is 0 Å². The maximum absolute atomic E-state index is 12.4. The maximum Gasteiger partial charge on any atom is 0.416 e. The van der Waals surface area contributed by atoms with E-state index in [0.29, 0.717) is 5.56 Å². The van der Waals surface area contributed by atoms with Gasteiger partial charge in [-0.15, -0.1) is 0 Å². The van der Waals surface area contributed by atoms with E-state index < -0.39 is 11.7 Å². The van der Waals surface area contributed by atoms with Crippen molar-refractivity contribution < 1.29 is 23.0 Å². The predicted octanol–water partition coefficient (Wildman–Crippen LogP) is 1.60. The molecule has 0 radical (unpaired) electrons. The zero-order valence-electron chi connectivity index (χ0n) is 10.4. The van der Waals surface area contributed by atoms with Crippen LogP contribution in [0.15, 0.2) is 34.1 Å². The van der Waals surface area contributed by atoms with Gasteiger partial charge in [0.15, 0.2) is 17.3 Å². The molecule has 0 aliphatic heterocycles. The molecule has 1 aromatic carbocycles. The van der Waals surface area contributed by atoms with Crippen LogP contribution in [0, 0.1) is 0 Å². The van der Waals surface area contributed by atoms with Gasteiger partial charge >= 0.3 is 6.18 Å². The highest BCUT2D eigenvalue weighted by Crippen LogP contribution is 2.29. The lowest BCUT2D eigenvalue weighted by Gasteiger charge is -2.09. The largest absolute Gasteiger partial charge is 0.416 e. The summed E-state index contributed by atoms with van der Waals surface area (Å²) in [5.41, 5.74) is 5.23. The zero-order chi connectivity index (χ0) is 15.5. The Hall–Kier alpha value is -2.78. The molecule has 1 heterocycles. The predicted molar refractivity (Wildman–Crippen MR) is 65.3 cm³/mol. The van der Waals surface area contributed by atoms with E-state index in [0.717, 1.165) is 12.1 Å². The highest BCUT2D eigenvalue weighted by atomic mass is 19.4. The first-order valence-corrected chi connectivity index (χ1v) is 5.62. The van der Waals surface area contributed by atoms with Gasteiger partial charge in [0.25, 0.3) is 0 Å². The van der Waals surface area contributed by atoms with Gasteiger partial charge in [0, 0.05) is 6.54 Å². The number of anilines is 1. The summed E-state index contributed by atoms with van der Waals surface area (Å²) in [5.74, 6) is -0.184. The standard InChI is InChI=1S/C11H10F3N5O2/c12-11(13,14)7-3-1-6(2-4-7)5-16-10(17-20)8-9(15)19-21-18-8/h1-4,20H,5H2,(H2,15,19)(H,16,17). The minimum Gasteiger partial charge on any atom is -0.409 e. The highest BCUT2D eigenvalue weighted by Gasteiger charge is 2.29. The number of hydrogen-bond acceptors (Lipinski definition) is 6. The smallest absolute Gasteiger partial charge is 0.409 e. The molecule has 10 heteroatoms. The van der Waals surface area contributed by atoms with Crippen molar-refractivity contribution in [3.8, 4) is 0 Å². The van der Waals surface area contributed by atoms with Crippen LogP contribution in [0.4, 0.5) is 19.0 Å². The first-order chi connectivity index (χ1) is 9.91. The minimum atomic E-state index is -4.38. The Balaban J connectivity index is 2.04. The lowest BCUT2D eigenvalue weighted by atomic mass is 10.1. The van der Waals surface area contributed by atoms with E-state index in [9.17, 15) is 13.2 Å². The molecule has 2 aromatic rings. The molecule has 0 saturated heterocycles. The molecule has 0 unspecified atom stereocenters. The Morgan fingerprint density at radius 1 is 1.29 bits per heavy atom. The highest BCUT2D eigenvalue weighted by molar-refractivity contribution is 5.99. The van der Waals surface area contributed by atoms with Crippen molar-refractivity contribution in [2.45, 2.75) is 12.7 Å². The number of nitrogens with one attached hydrogen (secondary N) is 1. The van der Waals surface area contributed by atoms with Gasteiger partial charge in [0.05, 0.1) is 5.56 Å². The first kappa shape index (κ1) is 14.6. The van der Waals surface area contributed by atoms with E-state index in [4.69, 9.17) is 10.9 Å². The van der Waals surface area contributed by atoms with Gasteiger partial charge in [0.1, 0.15) is 0 Å². The summed E-state index contributed by atoms with van der Waals surface area (Å²) in [7, 11) is 0. The van der Waals surface area contributed by atoms with Gasteiger partial charge < -0.3 is 16.3 Å². The Bertz CT molecular complexity index is 636. The van der Waals surface area contributed by atoms with Crippen LogP contribution in [-0.4, -0.2) is 21.4 Å². The molecule has 4 N–H and O–H groups in total. The summed E-state index contributed by atoms with van der Waals surface area (Å²) in [4.78, 5) is 0. The van der Waals surface area contributed by atoms with Crippen LogP contribution in [0.25, 0.3) is 0 Å². The van der Waals surface area contributed by atoms with E-state index >= 15 is 0 Å². The van der Waals surface area contributed by atoms with Crippen molar-refractivity contribution >= 4 is 11.7 Å². The van der Waals surface area contributed by atoms with Crippen molar-refractivity contribution in [1.29, 1.82) is 0 Å². The molecule has 0 fully saturated rings. The number of aromatic nitrogens is 2. The minimum absolute atomic E-state index is 0.00408. The Morgan fingerprint density at radius 3 is 2.43 bits per heavy atom. The molecule has 7 nitrogen and oxygen atoms in total. The van der Waals surface area contributed by atoms with Crippen molar-refractivity contribution in [3.63, 3.8) is 0 Å². The first-order valence-electron chi connectivity index (χ1n) is 5.62. The maximum atomic E-state index is 12.4. The van der Waals surface area contributed by atoms with Crippen molar-refractivity contribution in [2.75, 3.05) is 5.73 Å². The molecule has 0 bridgehead atoms. The fraction of sp³-hybridized carbons (Fsp3) is 0.182. The zero-order valence-corrected chi connectivity index (χ0v) is 10.4. The molecule has 2 rings (SSSR count). The fourth-order valence-corrected chi connectivity index (χ4v) is 1.52. The van der Waals surface area contributed by atoms with E-state index in [-0.39, 0.29) is 23.9 Å². The second kappa shape index (κ2) is 5.69. The average Bonchev–Trinajstić information content (AvgIpc) is 2.86. The van der Waals surface area contributed by atoms with Crippen LogP contribution in [0.3, 0.4) is 0 Å². The number of halogens is 3. The Morgan fingerprint density at radius 2 is 1.95 bits per heavy atom. The second-order valence-electron chi connectivity index (χ2n) is 3.99. The van der Waals surface area contributed by atoms with Crippen LogP contribution < -0.4 is 11.1 Å². The fourth-order valence-electron chi connectivity index (χ4n) is 1.52. The number of oxime groups is 1. The molecular weight excluding hydrogens is 291 g/mol. The van der Waals surface area contributed by atoms with Gasteiger partial charge in [-0.1, -0.05) is 17.3 Å². The second-order valence-corrected chi connectivity index (χ2v) is 3.99. The summed E-state index contributed by atoms with van der Waals surface area (Å²) in [6.07, 6.45) is -4.38. The van der Waals surface area contributed by atoms with Gasteiger partial charge in [-0.2, -0.15) is 13.2 Å². The third-order valence-electron chi connectivity index (χ3n) is 2.58. The van der Waals surface area contributed by atoms with Crippen LogP contribution >= 0.6 is 0 Å². The molecule has 0 saturated carbocycles. The number of rotatable bonds is 3. The molecule has 21 heavy (non-hydrogen) atoms. The number of hydrogen-bond donors (Lipinski definition) is 3. The van der Waals surface area contributed by atoms with Crippen molar-refractivity contribution in [2.24, 2.45) is 5.16 Å². The lowest BCUT2D eigenvalue weighted by Crippen LogP contribution is -2.25. The van der Waals surface area contributed by atoms with Gasteiger partial charge in [-0.3, -0.25) is 0 Å². The number of alkyl halides is 3. The van der Waals surface area contributed by atoms with Crippen LogP contribution in [0.2, 0.25) is 0 Å². The van der Waals surface area contributed by atoms with Crippen molar-refractivity contribution in [1.82, 2.24) is 15.6 Å². The molecule has 0 aliphatic carbocycles. The quantitative estimate of drug-likeness (QED) is 0.344. The van der Waals surface area contributed by atoms with Gasteiger partial charge in [0.2, 0.25) is 0 Å². The monoisotopic (exact) mass is 301 g/mol. The Labute approximate surface area is 116 Å². The van der Waals surface area contributed by atoms with Crippen LogP contribution in [0.1, 0.15) is 16.8 Å². The molecule has 0 amide bonds. The molecule has 0 atom stereocenters. The summed E-state index contributed by atoms with van der Waals surface area (Å²) < 4.78 is 41.6. The Kier molecular flexibility index (Phi) is 3.96. The molecule has 0 spiro atoms. The van der Waals surface area contributed by atoms with Crippen LogP contribution in [-0.2, 0) is 12.7 Å². The molecule has 0 aliphatic rings. The molecule has 112 valence electrons. The lowest BCUT2D eigenvalue weighted by molar-refractivity contribution is -0.137. The van der Waals surface area contributed by atoms with E-state index in [1.807, 2.05) is 0 Å². The summed E-state index contributed by atoms with van der Waals surface area (Å²) in [5, 5.41) is 21.2. The van der Waals surface area contributed by atoms with Gasteiger partial charge in [-0.25, -0.2) is 4.63 Å². The third-order valence-corrected chi connectivity index (χ3v) is 2.58. The van der Waals surface area contributed by atoms with Gasteiger partial charge in [-0.05, 0) is 28.0 Å². The summed E-state index contributed by atoms with van der Waals surface area (Å²) >= 11 is 0. The van der Waals surface area contributed by atoms with E-state index in [2.05, 4.69) is 25.4 Å². The SMILES string of the molecule is Nc1nonc1/C(=N/O)NCc1ccc(C(F)(F)F)cc1. The number of benzene rings is 1. The number of nitrogens with zero attached hydrogens (tertiary/aromatic N) is 3. The average molecular weight is 301 g/mol. The third kappa shape index (κ3) is 3.41. The molecule has 1 aromatic heterocycles. The summed E-state index contributed by atoms with van der Waals surface area (Å²) in [6, 6.07) is 4.52.